The van der Waals surface area contributed by atoms with E-state index in [-0.39, 0.29) is 6.42 Å². The molecule has 6 heteroatoms. The summed E-state index contributed by atoms with van der Waals surface area (Å²) in [5, 5.41) is 17.8. The average molecular weight is 373 g/mol. The SMILES string of the molecule is O=C(Nc1ccc2ccccc2c1)N[C@H](Cc1c[nH]c2ccccc12)C(=O)O. The Morgan fingerprint density at radius 2 is 1.71 bits per heavy atom. The molecule has 0 bridgehead atoms. The third-order valence-electron chi connectivity index (χ3n) is 4.71. The standard InChI is InChI=1S/C22H19N3O3/c26-21(27)20(12-16-13-23-19-8-4-3-7-18(16)19)25-22(28)24-17-10-9-14-5-1-2-6-15(14)11-17/h1-11,13,20,23H,12H2,(H,26,27)(H2,24,25,28)/t20-/m1/s1. The summed E-state index contributed by atoms with van der Waals surface area (Å²) in [6.07, 6.45) is 1.97. The minimum atomic E-state index is -1.08. The summed E-state index contributed by atoms with van der Waals surface area (Å²) in [4.78, 5) is 27.2. The predicted molar refractivity (Wildman–Crippen MR) is 110 cm³/mol. The molecule has 1 heterocycles. The lowest BCUT2D eigenvalue weighted by Gasteiger charge is -2.15. The van der Waals surface area contributed by atoms with E-state index in [4.69, 9.17) is 0 Å². The zero-order valence-corrected chi connectivity index (χ0v) is 15.0. The van der Waals surface area contributed by atoms with Crippen molar-refractivity contribution in [1.82, 2.24) is 10.3 Å². The maximum absolute atomic E-state index is 12.4. The van der Waals surface area contributed by atoms with Gasteiger partial charge in [-0.15, -0.1) is 0 Å². The number of carboxylic acids is 1. The number of hydrogen-bond acceptors (Lipinski definition) is 2. The zero-order valence-electron chi connectivity index (χ0n) is 15.0. The molecule has 0 aliphatic rings. The fourth-order valence-corrected chi connectivity index (χ4v) is 3.31. The fourth-order valence-electron chi connectivity index (χ4n) is 3.31. The van der Waals surface area contributed by atoms with Gasteiger partial charge in [0, 0.05) is 29.2 Å². The number of nitrogens with one attached hydrogen (secondary N) is 3. The monoisotopic (exact) mass is 373 g/mol. The van der Waals surface area contributed by atoms with Crippen LogP contribution in [0.1, 0.15) is 5.56 Å². The molecule has 0 fully saturated rings. The number of hydrogen-bond donors (Lipinski definition) is 4. The number of aromatic nitrogens is 1. The van der Waals surface area contributed by atoms with Gasteiger partial charge in [0.1, 0.15) is 6.04 Å². The second-order valence-electron chi connectivity index (χ2n) is 6.61. The molecular formula is C22H19N3O3. The van der Waals surface area contributed by atoms with Crippen molar-refractivity contribution in [3.63, 3.8) is 0 Å². The molecule has 0 saturated carbocycles. The number of benzene rings is 3. The normalized spacial score (nSPS) is 12.0. The van der Waals surface area contributed by atoms with Crippen molar-refractivity contribution in [3.8, 4) is 0 Å². The highest BCUT2D eigenvalue weighted by atomic mass is 16.4. The lowest BCUT2D eigenvalue weighted by Crippen LogP contribution is -2.44. The first-order chi connectivity index (χ1) is 13.6. The van der Waals surface area contributed by atoms with Gasteiger partial charge in [0.15, 0.2) is 0 Å². The number of carboxylic acid groups (broad SMARTS) is 1. The van der Waals surface area contributed by atoms with E-state index in [1.54, 1.807) is 12.3 Å². The van der Waals surface area contributed by atoms with Gasteiger partial charge >= 0.3 is 12.0 Å². The van der Waals surface area contributed by atoms with Gasteiger partial charge in [0.05, 0.1) is 0 Å². The number of para-hydroxylation sites is 1. The van der Waals surface area contributed by atoms with Crippen LogP contribution in [0.15, 0.2) is 72.9 Å². The van der Waals surface area contributed by atoms with Crippen LogP contribution in [0.4, 0.5) is 10.5 Å². The van der Waals surface area contributed by atoms with Crippen LogP contribution < -0.4 is 10.6 Å². The lowest BCUT2D eigenvalue weighted by atomic mass is 10.1. The Morgan fingerprint density at radius 1 is 0.964 bits per heavy atom. The van der Waals surface area contributed by atoms with E-state index >= 15 is 0 Å². The molecule has 4 aromatic rings. The van der Waals surface area contributed by atoms with E-state index in [1.165, 1.54) is 0 Å². The number of aliphatic carboxylic acids is 1. The second kappa shape index (κ2) is 7.44. The molecule has 0 unspecified atom stereocenters. The molecule has 4 N–H and O–H groups in total. The van der Waals surface area contributed by atoms with Crippen molar-refractivity contribution in [3.05, 3.63) is 78.5 Å². The van der Waals surface area contributed by atoms with Crippen LogP contribution in [-0.4, -0.2) is 28.1 Å². The number of H-pyrrole nitrogens is 1. The van der Waals surface area contributed by atoms with E-state index in [1.807, 2.05) is 60.7 Å². The number of aromatic amines is 1. The van der Waals surface area contributed by atoms with E-state index in [9.17, 15) is 14.7 Å². The summed E-state index contributed by atoms with van der Waals surface area (Å²) >= 11 is 0. The van der Waals surface area contributed by atoms with Crippen LogP contribution in [0.2, 0.25) is 0 Å². The molecule has 1 aromatic heterocycles. The summed E-state index contributed by atoms with van der Waals surface area (Å²) in [6.45, 7) is 0. The molecule has 0 aliphatic carbocycles. The van der Waals surface area contributed by atoms with Crippen LogP contribution in [-0.2, 0) is 11.2 Å². The summed E-state index contributed by atoms with van der Waals surface area (Å²) in [5.41, 5.74) is 2.38. The van der Waals surface area contributed by atoms with E-state index in [0.29, 0.717) is 5.69 Å². The maximum atomic E-state index is 12.4. The molecule has 2 amide bonds. The molecule has 140 valence electrons. The van der Waals surface area contributed by atoms with Gasteiger partial charge in [0.25, 0.3) is 0 Å². The molecule has 0 spiro atoms. The molecule has 4 rings (SSSR count). The number of rotatable bonds is 5. The number of carbonyl (C=O) groups is 2. The first kappa shape index (κ1) is 17.6. The molecule has 0 saturated heterocycles. The quantitative estimate of drug-likeness (QED) is 0.423. The number of amides is 2. The van der Waals surface area contributed by atoms with Crippen molar-refractivity contribution in [2.45, 2.75) is 12.5 Å². The molecule has 28 heavy (non-hydrogen) atoms. The number of anilines is 1. The van der Waals surface area contributed by atoms with Crippen LogP contribution in [0.3, 0.4) is 0 Å². The van der Waals surface area contributed by atoms with Crippen molar-refractivity contribution in [2.24, 2.45) is 0 Å². The van der Waals surface area contributed by atoms with Gasteiger partial charge in [-0.25, -0.2) is 9.59 Å². The second-order valence-corrected chi connectivity index (χ2v) is 6.61. The molecule has 6 nitrogen and oxygen atoms in total. The minimum Gasteiger partial charge on any atom is -0.480 e. The summed E-state index contributed by atoms with van der Waals surface area (Å²) in [7, 11) is 0. The first-order valence-corrected chi connectivity index (χ1v) is 8.94. The zero-order chi connectivity index (χ0) is 19.5. The van der Waals surface area contributed by atoms with Gasteiger partial charge in [-0.1, -0.05) is 48.5 Å². The van der Waals surface area contributed by atoms with Crippen molar-refractivity contribution in [1.29, 1.82) is 0 Å². The molecule has 0 radical (unpaired) electrons. The molecule has 3 aromatic carbocycles. The van der Waals surface area contributed by atoms with Crippen LogP contribution in [0.25, 0.3) is 21.7 Å². The van der Waals surface area contributed by atoms with Gasteiger partial charge < -0.3 is 20.7 Å². The molecule has 1 atom stereocenters. The van der Waals surface area contributed by atoms with Gasteiger partial charge in [-0.3, -0.25) is 0 Å². The van der Waals surface area contributed by atoms with Gasteiger partial charge in [0.2, 0.25) is 0 Å². The summed E-state index contributed by atoms with van der Waals surface area (Å²) in [6, 6.07) is 19.4. The summed E-state index contributed by atoms with van der Waals surface area (Å²) in [5.74, 6) is -1.08. The number of fused-ring (bicyclic) bond motifs is 2. The first-order valence-electron chi connectivity index (χ1n) is 8.94. The Labute approximate surface area is 161 Å². The highest BCUT2D eigenvalue weighted by Gasteiger charge is 2.22. The Bertz CT molecular complexity index is 1170. The maximum Gasteiger partial charge on any atom is 0.326 e. The topological polar surface area (TPSA) is 94.2 Å². The smallest absolute Gasteiger partial charge is 0.326 e. The number of urea groups is 1. The average Bonchev–Trinajstić information content (AvgIpc) is 3.10. The van der Waals surface area contributed by atoms with Gasteiger partial charge in [-0.05, 0) is 34.5 Å². The Morgan fingerprint density at radius 3 is 2.54 bits per heavy atom. The third-order valence-corrected chi connectivity index (χ3v) is 4.71. The lowest BCUT2D eigenvalue weighted by molar-refractivity contribution is -0.139. The third kappa shape index (κ3) is 3.66. The largest absolute Gasteiger partial charge is 0.480 e. The Kier molecular flexibility index (Phi) is 4.68. The predicted octanol–water partition coefficient (Wildman–Crippen LogP) is 4.14. The van der Waals surface area contributed by atoms with Crippen molar-refractivity contribution in [2.75, 3.05) is 5.32 Å². The van der Waals surface area contributed by atoms with Crippen LogP contribution in [0.5, 0.6) is 0 Å². The number of carbonyl (C=O) groups excluding carboxylic acids is 1. The fraction of sp³-hybridized carbons (Fsp3) is 0.0909. The van der Waals surface area contributed by atoms with Crippen LogP contribution in [0, 0.1) is 0 Å². The van der Waals surface area contributed by atoms with E-state index in [2.05, 4.69) is 15.6 Å². The van der Waals surface area contributed by atoms with Crippen molar-refractivity contribution < 1.29 is 14.7 Å². The van der Waals surface area contributed by atoms with E-state index in [0.717, 1.165) is 27.2 Å². The molecular weight excluding hydrogens is 354 g/mol. The Balaban J connectivity index is 1.47. The van der Waals surface area contributed by atoms with Gasteiger partial charge in [-0.2, -0.15) is 0 Å². The van der Waals surface area contributed by atoms with E-state index < -0.39 is 18.0 Å². The van der Waals surface area contributed by atoms with Crippen LogP contribution >= 0.6 is 0 Å². The summed E-state index contributed by atoms with van der Waals surface area (Å²) < 4.78 is 0. The Hall–Kier alpha value is -3.80. The van der Waals surface area contributed by atoms with Crippen molar-refractivity contribution >= 4 is 39.4 Å². The molecule has 0 aliphatic heterocycles. The minimum absolute atomic E-state index is 0.185. The highest BCUT2D eigenvalue weighted by molar-refractivity contribution is 5.95. The highest BCUT2D eigenvalue weighted by Crippen LogP contribution is 2.20.